The second-order valence-electron chi connectivity index (χ2n) is 5.33. The zero-order valence-electron chi connectivity index (χ0n) is 12.3. The van der Waals surface area contributed by atoms with Crippen molar-refractivity contribution < 1.29 is 14.3 Å². The van der Waals surface area contributed by atoms with Crippen molar-refractivity contribution in [1.82, 2.24) is 5.32 Å². The first-order valence-corrected chi connectivity index (χ1v) is 6.90. The van der Waals surface area contributed by atoms with Crippen molar-refractivity contribution in [3.8, 4) is 11.8 Å². The van der Waals surface area contributed by atoms with Crippen LogP contribution < -0.4 is 5.32 Å². The Kier molecular flexibility index (Phi) is 6.26. The summed E-state index contributed by atoms with van der Waals surface area (Å²) in [5.41, 5.74) is 0.553. The zero-order chi connectivity index (χ0) is 15.9. The molecule has 1 rings (SSSR count). The Hall–Kier alpha value is -1.99. The number of nitrogens with one attached hydrogen (secondary N) is 1. The molecule has 0 atom stereocenters. The standard InChI is InChI=1S/C16H18ClNO3/c1-16(2,3)21-15(20)18-9-5-4-6-12-10-14(17)8-7-13(12)11-19/h7-8,10-11H,5,9H2,1-3H3,(H,18,20). The Morgan fingerprint density at radius 2 is 2.14 bits per heavy atom. The van der Waals surface area contributed by atoms with E-state index < -0.39 is 11.7 Å². The van der Waals surface area contributed by atoms with Gasteiger partial charge in [-0.25, -0.2) is 4.79 Å². The normalized spacial score (nSPS) is 10.3. The number of benzene rings is 1. The lowest BCUT2D eigenvalue weighted by atomic mass is 10.1. The quantitative estimate of drug-likeness (QED) is 0.529. The van der Waals surface area contributed by atoms with E-state index in [1.54, 1.807) is 39.0 Å². The van der Waals surface area contributed by atoms with Gasteiger partial charge < -0.3 is 10.1 Å². The second kappa shape index (κ2) is 7.70. The molecule has 1 aromatic rings. The fourth-order valence-corrected chi connectivity index (χ4v) is 1.61. The molecule has 0 fully saturated rings. The van der Waals surface area contributed by atoms with Crippen molar-refractivity contribution in [3.63, 3.8) is 0 Å². The Balaban J connectivity index is 2.49. The summed E-state index contributed by atoms with van der Waals surface area (Å²) in [6, 6.07) is 4.90. The average Bonchev–Trinajstić information content (AvgIpc) is 2.36. The van der Waals surface area contributed by atoms with Crippen LogP contribution in [0.1, 0.15) is 43.1 Å². The van der Waals surface area contributed by atoms with Crippen LogP contribution in [0, 0.1) is 11.8 Å². The summed E-state index contributed by atoms with van der Waals surface area (Å²) in [7, 11) is 0. The molecule has 4 nitrogen and oxygen atoms in total. The van der Waals surface area contributed by atoms with Gasteiger partial charge in [0.2, 0.25) is 0 Å². The number of alkyl carbamates (subject to hydrolysis) is 1. The fraction of sp³-hybridized carbons (Fsp3) is 0.375. The van der Waals surface area contributed by atoms with Crippen LogP contribution in [0.2, 0.25) is 5.02 Å². The van der Waals surface area contributed by atoms with E-state index in [1.807, 2.05) is 0 Å². The van der Waals surface area contributed by atoms with Gasteiger partial charge in [0.1, 0.15) is 5.60 Å². The summed E-state index contributed by atoms with van der Waals surface area (Å²) in [4.78, 5) is 22.3. The van der Waals surface area contributed by atoms with Gasteiger partial charge in [0.05, 0.1) is 0 Å². The third kappa shape index (κ3) is 6.82. The molecule has 112 valence electrons. The molecule has 0 aliphatic carbocycles. The first kappa shape index (κ1) is 17.1. The summed E-state index contributed by atoms with van der Waals surface area (Å²) in [6.45, 7) is 5.77. The van der Waals surface area contributed by atoms with E-state index in [1.165, 1.54) is 0 Å². The maximum Gasteiger partial charge on any atom is 0.407 e. The summed E-state index contributed by atoms with van der Waals surface area (Å²) in [6.07, 6.45) is 0.712. The van der Waals surface area contributed by atoms with Gasteiger partial charge in [0.25, 0.3) is 0 Å². The summed E-state index contributed by atoms with van der Waals surface area (Å²) in [5, 5.41) is 3.13. The predicted molar refractivity (Wildman–Crippen MR) is 82.6 cm³/mol. The molecule has 0 aromatic heterocycles. The number of halogens is 1. The predicted octanol–water partition coefficient (Wildman–Crippen LogP) is 3.42. The van der Waals surface area contributed by atoms with Crippen LogP contribution in [-0.4, -0.2) is 24.5 Å². The number of rotatable bonds is 3. The van der Waals surface area contributed by atoms with E-state index in [0.29, 0.717) is 29.1 Å². The number of amides is 1. The third-order valence-electron chi connectivity index (χ3n) is 2.28. The molecule has 0 unspecified atom stereocenters. The van der Waals surface area contributed by atoms with Crippen LogP contribution in [0.5, 0.6) is 0 Å². The highest BCUT2D eigenvalue weighted by molar-refractivity contribution is 6.30. The van der Waals surface area contributed by atoms with Crippen LogP contribution in [0.3, 0.4) is 0 Å². The second-order valence-corrected chi connectivity index (χ2v) is 5.77. The van der Waals surface area contributed by atoms with E-state index in [4.69, 9.17) is 16.3 Å². The Labute approximate surface area is 129 Å². The van der Waals surface area contributed by atoms with Crippen molar-refractivity contribution >= 4 is 24.0 Å². The minimum atomic E-state index is -0.518. The monoisotopic (exact) mass is 307 g/mol. The van der Waals surface area contributed by atoms with Gasteiger partial charge in [-0.15, -0.1) is 0 Å². The van der Waals surface area contributed by atoms with Gasteiger partial charge >= 0.3 is 6.09 Å². The van der Waals surface area contributed by atoms with Crippen molar-refractivity contribution in [2.45, 2.75) is 32.8 Å². The van der Waals surface area contributed by atoms with Crippen LogP contribution >= 0.6 is 11.6 Å². The fourth-order valence-electron chi connectivity index (χ4n) is 1.44. The molecule has 1 aromatic carbocycles. The van der Waals surface area contributed by atoms with E-state index in [2.05, 4.69) is 17.2 Å². The molecule has 0 heterocycles. The Bertz CT molecular complexity index is 579. The first-order chi connectivity index (χ1) is 9.81. The molecule has 0 aliphatic heterocycles. The Morgan fingerprint density at radius 1 is 1.43 bits per heavy atom. The lowest BCUT2D eigenvalue weighted by Gasteiger charge is -2.19. The van der Waals surface area contributed by atoms with Crippen LogP contribution in [0.15, 0.2) is 18.2 Å². The van der Waals surface area contributed by atoms with Gasteiger partial charge in [-0.1, -0.05) is 23.4 Å². The molecule has 0 saturated heterocycles. The molecular weight excluding hydrogens is 290 g/mol. The molecular formula is C16H18ClNO3. The van der Waals surface area contributed by atoms with Gasteiger partial charge in [-0.2, -0.15) is 0 Å². The smallest absolute Gasteiger partial charge is 0.407 e. The molecule has 0 spiro atoms. The van der Waals surface area contributed by atoms with Crippen molar-refractivity contribution in [1.29, 1.82) is 0 Å². The van der Waals surface area contributed by atoms with Crippen molar-refractivity contribution in [2.24, 2.45) is 0 Å². The minimum Gasteiger partial charge on any atom is -0.444 e. The van der Waals surface area contributed by atoms with E-state index >= 15 is 0 Å². The van der Waals surface area contributed by atoms with E-state index in [9.17, 15) is 9.59 Å². The molecule has 5 heteroatoms. The summed E-state index contributed by atoms with van der Waals surface area (Å²) < 4.78 is 5.09. The highest BCUT2D eigenvalue weighted by Gasteiger charge is 2.15. The maximum absolute atomic E-state index is 11.4. The lowest BCUT2D eigenvalue weighted by molar-refractivity contribution is 0.0529. The highest BCUT2D eigenvalue weighted by Crippen LogP contribution is 2.13. The number of ether oxygens (including phenoxy) is 1. The van der Waals surface area contributed by atoms with Gasteiger partial charge in [0.15, 0.2) is 6.29 Å². The number of hydrogen-bond donors (Lipinski definition) is 1. The first-order valence-electron chi connectivity index (χ1n) is 6.52. The van der Waals surface area contributed by atoms with Crippen molar-refractivity contribution in [2.75, 3.05) is 6.54 Å². The number of carbonyl (C=O) groups is 2. The SMILES string of the molecule is CC(C)(C)OC(=O)NCCC#Cc1cc(Cl)ccc1C=O. The minimum absolute atomic E-state index is 0.374. The molecule has 0 aliphatic rings. The summed E-state index contributed by atoms with van der Waals surface area (Å²) in [5.74, 6) is 5.75. The molecule has 1 amide bonds. The maximum atomic E-state index is 11.4. The molecule has 0 saturated carbocycles. The van der Waals surface area contributed by atoms with Crippen LogP contribution in [0.4, 0.5) is 4.79 Å². The van der Waals surface area contributed by atoms with E-state index in [-0.39, 0.29) is 0 Å². The van der Waals surface area contributed by atoms with Gasteiger partial charge in [-0.05, 0) is 39.0 Å². The zero-order valence-corrected chi connectivity index (χ0v) is 13.1. The van der Waals surface area contributed by atoms with E-state index in [0.717, 1.165) is 6.29 Å². The topological polar surface area (TPSA) is 55.4 Å². The number of hydrogen-bond acceptors (Lipinski definition) is 3. The third-order valence-corrected chi connectivity index (χ3v) is 2.52. The average molecular weight is 308 g/mol. The molecule has 0 radical (unpaired) electrons. The lowest BCUT2D eigenvalue weighted by Crippen LogP contribution is -2.32. The molecule has 0 bridgehead atoms. The summed E-state index contributed by atoms with van der Waals surface area (Å²) >= 11 is 5.86. The number of aldehydes is 1. The van der Waals surface area contributed by atoms with Gasteiger partial charge in [-0.3, -0.25) is 4.79 Å². The Morgan fingerprint density at radius 3 is 2.76 bits per heavy atom. The van der Waals surface area contributed by atoms with Crippen molar-refractivity contribution in [3.05, 3.63) is 34.3 Å². The molecule has 21 heavy (non-hydrogen) atoms. The molecule has 1 N–H and O–H groups in total. The van der Waals surface area contributed by atoms with Crippen LogP contribution in [-0.2, 0) is 4.74 Å². The van der Waals surface area contributed by atoms with Gasteiger partial charge in [0, 0.05) is 29.1 Å². The largest absolute Gasteiger partial charge is 0.444 e. The van der Waals surface area contributed by atoms with Crippen LogP contribution in [0.25, 0.3) is 0 Å². The number of carbonyl (C=O) groups excluding carboxylic acids is 2. The highest BCUT2D eigenvalue weighted by atomic mass is 35.5.